The summed E-state index contributed by atoms with van der Waals surface area (Å²) in [5.41, 5.74) is 0.168. The largest absolute Gasteiger partial charge is 0.388 e. The molecule has 2 aromatic rings. The molecule has 1 atom stereocenters. The topological polar surface area (TPSA) is 20.2 Å². The Morgan fingerprint density at radius 3 is 2.10 bits per heavy atom. The number of aliphatic hydroxyl groups is 1. The smallest absolute Gasteiger partial charge is 0.137 e. The molecular formula is C14H9Br2F3O. The Bertz CT molecular complexity index is 623. The summed E-state index contributed by atoms with van der Waals surface area (Å²) in [5.74, 6) is -2.10. The number of hydrogen-bond donors (Lipinski definition) is 1. The second kappa shape index (κ2) is 6.28. The van der Waals surface area contributed by atoms with Gasteiger partial charge < -0.3 is 5.11 Å². The molecule has 0 amide bonds. The molecule has 0 bridgehead atoms. The van der Waals surface area contributed by atoms with Gasteiger partial charge in [0.25, 0.3) is 0 Å². The van der Waals surface area contributed by atoms with E-state index >= 15 is 0 Å². The normalized spacial score (nSPS) is 12.5. The highest BCUT2D eigenvalue weighted by Gasteiger charge is 2.19. The molecule has 1 N–H and O–H groups in total. The van der Waals surface area contributed by atoms with E-state index in [4.69, 9.17) is 0 Å². The van der Waals surface area contributed by atoms with Crippen LogP contribution in [0.2, 0.25) is 0 Å². The number of hydrogen-bond acceptors (Lipinski definition) is 1. The Kier molecular flexibility index (Phi) is 4.88. The minimum atomic E-state index is -1.35. The van der Waals surface area contributed by atoms with Crippen molar-refractivity contribution in [3.05, 3.63) is 67.9 Å². The lowest BCUT2D eigenvalue weighted by molar-refractivity contribution is 0.168. The van der Waals surface area contributed by atoms with E-state index in [0.29, 0.717) is 5.56 Å². The zero-order valence-corrected chi connectivity index (χ0v) is 13.2. The van der Waals surface area contributed by atoms with Crippen LogP contribution in [0, 0.1) is 17.5 Å². The predicted molar refractivity (Wildman–Crippen MR) is 76.8 cm³/mol. The number of aliphatic hydroxyl groups excluding tert-OH is 1. The van der Waals surface area contributed by atoms with Crippen LogP contribution in [0.25, 0.3) is 0 Å². The third kappa shape index (κ3) is 3.42. The van der Waals surface area contributed by atoms with E-state index in [-0.39, 0.29) is 15.4 Å². The van der Waals surface area contributed by atoms with Gasteiger partial charge in [0.2, 0.25) is 0 Å². The monoisotopic (exact) mass is 408 g/mol. The van der Waals surface area contributed by atoms with Crippen LogP contribution in [0.1, 0.15) is 17.2 Å². The molecule has 1 nitrogen and oxygen atoms in total. The molecule has 106 valence electrons. The van der Waals surface area contributed by atoms with Gasteiger partial charge in [0.1, 0.15) is 17.5 Å². The van der Waals surface area contributed by atoms with Crippen LogP contribution in [0.5, 0.6) is 0 Å². The first-order chi connectivity index (χ1) is 9.38. The average Bonchev–Trinajstić information content (AvgIpc) is 2.32. The van der Waals surface area contributed by atoms with Crippen molar-refractivity contribution in [2.45, 2.75) is 12.5 Å². The van der Waals surface area contributed by atoms with Crippen LogP contribution in [-0.4, -0.2) is 5.11 Å². The average molecular weight is 410 g/mol. The molecule has 0 spiro atoms. The van der Waals surface area contributed by atoms with E-state index in [1.807, 2.05) is 0 Å². The van der Waals surface area contributed by atoms with Crippen molar-refractivity contribution in [1.29, 1.82) is 0 Å². The quantitative estimate of drug-likeness (QED) is 0.763. The lowest BCUT2D eigenvalue weighted by Crippen LogP contribution is -2.07. The van der Waals surface area contributed by atoms with Gasteiger partial charge in [-0.15, -0.1) is 0 Å². The molecule has 0 saturated heterocycles. The summed E-state index contributed by atoms with van der Waals surface area (Å²) in [6, 6.07) is 6.32. The molecule has 0 radical (unpaired) electrons. The highest BCUT2D eigenvalue weighted by molar-refractivity contribution is 9.10. The lowest BCUT2D eigenvalue weighted by Gasteiger charge is -2.14. The Hall–Kier alpha value is -0.850. The minimum absolute atomic E-state index is 0.0195. The van der Waals surface area contributed by atoms with Crippen molar-refractivity contribution in [2.24, 2.45) is 0 Å². The highest BCUT2D eigenvalue weighted by atomic mass is 79.9. The van der Waals surface area contributed by atoms with Crippen LogP contribution in [-0.2, 0) is 6.42 Å². The minimum Gasteiger partial charge on any atom is -0.388 e. The van der Waals surface area contributed by atoms with Crippen LogP contribution in [0.15, 0.2) is 39.3 Å². The van der Waals surface area contributed by atoms with E-state index in [1.165, 1.54) is 18.2 Å². The Morgan fingerprint density at radius 2 is 1.55 bits per heavy atom. The van der Waals surface area contributed by atoms with Gasteiger partial charge in [0, 0.05) is 10.9 Å². The maximum absolute atomic E-state index is 13.7. The lowest BCUT2D eigenvalue weighted by atomic mass is 10.0. The first-order valence-corrected chi connectivity index (χ1v) is 7.23. The highest BCUT2D eigenvalue weighted by Crippen LogP contribution is 2.28. The van der Waals surface area contributed by atoms with E-state index in [2.05, 4.69) is 31.9 Å². The van der Waals surface area contributed by atoms with Crippen molar-refractivity contribution in [2.75, 3.05) is 0 Å². The molecule has 6 heteroatoms. The Labute approximate surface area is 130 Å². The number of benzene rings is 2. The molecule has 2 aromatic carbocycles. The predicted octanol–water partition coefficient (Wildman–Crippen LogP) is 4.91. The summed E-state index contributed by atoms with van der Waals surface area (Å²) in [6.45, 7) is 0. The molecule has 0 aliphatic rings. The van der Waals surface area contributed by atoms with Gasteiger partial charge in [-0.25, -0.2) is 13.2 Å². The van der Waals surface area contributed by atoms with Gasteiger partial charge >= 0.3 is 0 Å². The standard InChI is InChI=1S/C14H9Br2F3O/c15-8-5-11(18)14(12(19)6-8)13(20)4-7-1-2-10(17)9(16)3-7/h1-3,5-6,13,20H,4H2. The molecule has 0 fully saturated rings. The van der Waals surface area contributed by atoms with Crippen LogP contribution in [0.3, 0.4) is 0 Å². The fraction of sp³-hybridized carbons (Fsp3) is 0.143. The number of rotatable bonds is 3. The Balaban J connectivity index is 2.28. The maximum atomic E-state index is 13.7. The van der Waals surface area contributed by atoms with E-state index < -0.39 is 29.1 Å². The summed E-state index contributed by atoms with van der Waals surface area (Å²) in [5, 5.41) is 9.98. The van der Waals surface area contributed by atoms with Gasteiger partial charge in [0.15, 0.2) is 0 Å². The third-order valence-electron chi connectivity index (χ3n) is 2.79. The first kappa shape index (κ1) is 15.5. The summed E-state index contributed by atoms with van der Waals surface area (Å²) in [7, 11) is 0. The molecule has 0 saturated carbocycles. The van der Waals surface area contributed by atoms with E-state index in [9.17, 15) is 18.3 Å². The fourth-order valence-corrected chi connectivity index (χ4v) is 2.69. The van der Waals surface area contributed by atoms with Crippen molar-refractivity contribution < 1.29 is 18.3 Å². The summed E-state index contributed by atoms with van der Waals surface area (Å²) in [4.78, 5) is 0. The molecule has 1 unspecified atom stereocenters. The second-order valence-corrected chi connectivity index (χ2v) is 6.02. The molecule has 0 aromatic heterocycles. The van der Waals surface area contributed by atoms with Gasteiger partial charge in [-0.1, -0.05) is 22.0 Å². The SMILES string of the molecule is OC(Cc1ccc(F)c(Br)c1)c1c(F)cc(Br)cc1F. The van der Waals surface area contributed by atoms with Gasteiger partial charge in [-0.2, -0.15) is 0 Å². The molecule has 20 heavy (non-hydrogen) atoms. The van der Waals surface area contributed by atoms with Gasteiger partial charge in [-0.3, -0.25) is 0 Å². The summed E-state index contributed by atoms with van der Waals surface area (Å²) in [6.07, 6.45) is -1.37. The van der Waals surface area contributed by atoms with Gasteiger partial charge in [0.05, 0.1) is 16.1 Å². The van der Waals surface area contributed by atoms with Crippen molar-refractivity contribution >= 4 is 31.9 Å². The molecule has 0 aliphatic carbocycles. The summed E-state index contributed by atoms with van der Waals surface area (Å²) < 4.78 is 41.0. The number of halogens is 5. The first-order valence-electron chi connectivity index (χ1n) is 5.65. The van der Waals surface area contributed by atoms with E-state index in [0.717, 1.165) is 12.1 Å². The van der Waals surface area contributed by atoms with Crippen molar-refractivity contribution in [1.82, 2.24) is 0 Å². The van der Waals surface area contributed by atoms with E-state index in [1.54, 1.807) is 0 Å². The summed E-state index contributed by atoms with van der Waals surface area (Å²) >= 11 is 5.99. The second-order valence-electron chi connectivity index (χ2n) is 4.25. The third-order valence-corrected chi connectivity index (χ3v) is 3.86. The molecule has 0 heterocycles. The zero-order chi connectivity index (χ0) is 14.9. The van der Waals surface area contributed by atoms with Crippen molar-refractivity contribution in [3.63, 3.8) is 0 Å². The van der Waals surface area contributed by atoms with Crippen LogP contribution < -0.4 is 0 Å². The van der Waals surface area contributed by atoms with Crippen molar-refractivity contribution in [3.8, 4) is 0 Å². The zero-order valence-electron chi connectivity index (χ0n) is 10.0. The fourth-order valence-electron chi connectivity index (χ4n) is 1.86. The molecule has 2 rings (SSSR count). The maximum Gasteiger partial charge on any atom is 0.137 e. The van der Waals surface area contributed by atoms with Crippen LogP contribution in [0.4, 0.5) is 13.2 Å². The van der Waals surface area contributed by atoms with Crippen LogP contribution >= 0.6 is 31.9 Å². The molecular weight excluding hydrogens is 401 g/mol. The van der Waals surface area contributed by atoms with Gasteiger partial charge in [-0.05, 0) is 45.8 Å². The molecule has 0 aliphatic heterocycles. The Morgan fingerprint density at radius 1 is 0.950 bits per heavy atom.